The highest BCUT2D eigenvalue weighted by Gasteiger charge is 2.23. The Bertz CT molecular complexity index is 560. The van der Waals surface area contributed by atoms with Crippen molar-refractivity contribution in [1.82, 2.24) is 5.32 Å². The van der Waals surface area contributed by atoms with Crippen LogP contribution in [0.3, 0.4) is 0 Å². The first-order chi connectivity index (χ1) is 8.50. The summed E-state index contributed by atoms with van der Waals surface area (Å²) in [7, 11) is 0. The summed E-state index contributed by atoms with van der Waals surface area (Å²) in [5.41, 5.74) is 6.43. The molecular formula is C14H18N2OS. The number of nitrogens with two attached hydrogens (primary N) is 1. The van der Waals surface area contributed by atoms with Crippen molar-refractivity contribution < 1.29 is 4.79 Å². The minimum atomic E-state index is -0.319. The van der Waals surface area contributed by atoms with Gasteiger partial charge in [-0.25, -0.2) is 0 Å². The lowest BCUT2D eigenvalue weighted by molar-refractivity contribution is -0.117. The van der Waals surface area contributed by atoms with E-state index >= 15 is 0 Å². The highest BCUT2D eigenvalue weighted by atomic mass is 32.1. The maximum atomic E-state index is 10.7. The van der Waals surface area contributed by atoms with Gasteiger partial charge < -0.3 is 11.1 Å². The molecule has 0 aliphatic carbocycles. The van der Waals surface area contributed by atoms with Crippen LogP contribution in [-0.4, -0.2) is 19.0 Å². The van der Waals surface area contributed by atoms with Gasteiger partial charge in [0.1, 0.15) is 0 Å². The Labute approximate surface area is 111 Å². The molecule has 2 aromatic rings. The van der Waals surface area contributed by atoms with E-state index in [1.807, 2.05) is 0 Å². The number of amides is 1. The van der Waals surface area contributed by atoms with Crippen molar-refractivity contribution >= 4 is 27.3 Å². The zero-order valence-electron chi connectivity index (χ0n) is 10.7. The van der Waals surface area contributed by atoms with Crippen molar-refractivity contribution in [2.45, 2.75) is 19.3 Å². The van der Waals surface area contributed by atoms with Crippen LogP contribution in [0.4, 0.5) is 0 Å². The molecule has 1 amide bonds. The number of thiophene rings is 1. The summed E-state index contributed by atoms with van der Waals surface area (Å²) in [6.07, 6.45) is 0. The van der Waals surface area contributed by atoms with E-state index in [-0.39, 0.29) is 17.9 Å². The Morgan fingerprint density at radius 3 is 2.83 bits per heavy atom. The van der Waals surface area contributed by atoms with Crippen LogP contribution in [0, 0.1) is 0 Å². The Morgan fingerprint density at radius 1 is 1.39 bits per heavy atom. The summed E-state index contributed by atoms with van der Waals surface area (Å²) >= 11 is 1.76. The average molecular weight is 262 g/mol. The minimum Gasteiger partial charge on any atom is -0.369 e. The molecule has 0 radical (unpaired) electrons. The van der Waals surface area contributed by atoms with Gasteiger partial charge in [0.25, 0.3) is 0 Å². The first kappa shape index (κ1) is 13.1. The fourth-order valence-corrected chi connectivity index (χ4v) is 3.25. The second kappa shape index (κ2) is 5.08. The number of hydrogen-bond acceptors (Lipinski definition) is 3. The van der Waals surface area contributed by atoms with Crippen molar-refractivity contribution in [3.05, 3.63) is 35.2 Å². The molecule has 0 aliphatic rings. The molecule has 2 rings (SSSR count). The van der Waals surface area contributed by atoms with Gasteiger partial charge >= 0.3 is 0 Å². The summed E-state index contributed by atoms with van der Waals surface area (Å²) in [4.78, 5) is 10.7. The molecule has 0 saturated carbocycles. The molecule has 1 aromatic heterocycles. The van der Waals surface area contributed by atoms with Gasteiger partial charge in [0.15, 0.2) is 0 Å². The molecule has 3 nitrogen and oxygen atoms in total. The number of carbonyl (C=O) groups is 1. The second-order valence-corrected chi connectivity index (χ2v) is 6.01. The van der Waals surface area contributed by atoms with Crippen molar-refractivity contribution in [1.29, 1.82) is 0 Å². The molecule has 4 heteroatoms. The predicted molar refractivity (Wildman–Crippen MR) is 76.9 cm³/mol. The van der Waals surface area contributed by atoms with Crippen molar-refractivity contribution in [2.24, 2.45) is 5.73 Å². The zero-order chi connectivity index (χ0) is 13.2. The molecule has 0 unspecified atom stereocenters. The number of fused-ring (bicyclic) bond motifs is 1. The maximum Gasteiger partial charge on any atom is 0.231 e. The Hall–Kier alpha value is -1.39. The van der Waals surface area contributed by atoms with Gasteiger partial charge in [-0.3, -0.25) is 4.79 Å². The molecule has 0 atom stereocenters. The lowest BCUT2D eigenvalue weighted by atomic mass is 9.84. The molecular weight excluding hydrogens is 244 g/mol. The highest BCUT2D eigenvalue weighted by Crippen LogP contribution is 2.34. The van der Waals surface area contributed by atoms with Crippen LogP contribution in [0.15, 0.2) is 29.6 Å². The fourth-order valence-electron chi connectivity index (χ4n) is 2.10. The van der Waals surface area contributed by atoms with E-state index in [1.54, 1.807) is 11.3 Å². The van der Waals surface area contributed by atoms with Crippen molar-refractivity contribution in [2.75, 3.05) is 13.1 Å². The maximum absolute atomic E-state index is 10.7. The number of nitrogens with one attached hydrogen (secondary N) is 1. The molecule has 0 bridgehead atoms. The van der Waals surface area contributed by atoms with Crippen LogP contribution in [0.2, 0.25) is 0 Å². The molecule has 96 valence electrons. The summed E-state index contributed by atoms with van der Waals surface area (Å²) < 4.78 is 1.30. The topological polar surface area (TPSA) is 55.1 Å². The monoisotopic (exact) mass is 262 g/mol. The SMILES string of the molecule is CC(C)(CNCC(N)=O)c1csc2ccccc12. The van der Waals surface area contributed by atoms with Gasteiger partial charge in [-0.2, -0.15) is 0 Å². The largest absolute Gasteiger partial charge is 0.369 e. The average Bonchev–Trinajstić information content (AvgIpc) is 2.72. The third-order valence-electron chi connectivity index (χ3n) is 3.08. The zero-order valence-corrected chi connectivity index (χ0v) is 11.5. The van der Waals surface area contributed by atoms with Crippen molar-refractivity contribution in [3.63, 3.8) is 0 Å². The van der Waals surface area contributed by atoms with Gasteiger partial charge in [0.2, 0.25) is 5.91 Å². The van der Waals surface area contributed by atoms with E-state index in [0.29, 0.717) is 0 Å². The normalized spacial score (nSPS) is 11.9. The third kappa shape index (κ3) is 2.71. The molecule has 0 saturated heterocycles. The first-order valence-electron chi connectivity index (χ1n) is 5.96. The quantitative estimate of drug-likeness (QED) is 0.868. The van der Waals surface area contributed by atoms with Crippen molar-refractivity contribution in [3.8, 4) is 0 Å². The summed E-state index contributed by atoms with van der Waals surface area (Å²) in [5.74, 6) is -0.319. The van der Waals surface area contributed by atoms with Gasteiger partial charge in [-0.1, -0.05) is 32.0 Å². The van der Waals surface area contributed by atoms with Gasteiger partial charge in [-0.05, 0) is 22.4 Å². The number of benzene rings is 1. The lowest BCUT2D eigenvalue weighted by Crippen LogP contribution is -2.37. The van der Waals surface area contributed by atoms with E-state index in [2.05, 4.69) is 48.8 Å². The molecule has 3 N–H and O–H groups in total. The number of primary amides is 1. The number of hydrogen-bond donors (Lipinski definition) is 2. The molecule has 18 heavy (non-hydrogen) atoms. The molecule has 1 aromatic carbocycles. The Balaban J connectivity index is 2.20. The van der Waals surface area contributed by atoms with E-state index in [4.69, 9.17) is 5.73 Å². The third-order valence-corrected chi connectivity index (χ3v) is 4.04. The number of rotatable bonds is 5. The van der Waals surface area contributed by atoms with Crippen LogP contribution in [-0.2, 0) is 10.2 Å². The van der Waals surface area contributed by atoms with Crippen LogP contribution in [0.1, 0.15) is 19.4 Å². The smallest absolute Gasteiger partial charge is 0.231 e. The Morgan fingerprint density at radius 2 is 2.11 bits per heavy atom. The summed E-state index contributed by atoms with van der Waals surface area (Å²) in [5, 5.41) is 6.61. The second-order valence-electron chi connectivity index (χ2n) is 5.10. The van der Waals surface area contributed by atoms with Gasteiger partial charge in [0.05, 0.1) is 6.54 Å². The van der Waals surface area contributed by atoms with Crippen LogP contribution in [0.5, 0.6) is 0 Å². The van der Waals surface area contributed by atoms with Crippen LogP contribution >= 0.6 is 11.3 Å². The van der Waals surface area contributed by atoms with E-state index < -0.39 is 0 Å². The predicted octanol–water partition coefficient (Wildman–Crippen LogP) is 2.25. The minimum absolute atomic E-state index is 0.0188. The van der Waals surface area contributed by atoms with E-state index in [9.17, 15) is 4.79 Å². The molecule has 0 spiro atoms. The van der Waals surface area contributed by atoms with Crippen LogP contribution < -0.4 is 11.1 Å². The molecule has 1 heterocycles. The van der Waals surface area contributed by atoms with Crippen LogP contribution in [0.25, 0.3) is 10.1 Å². The summed E-state index contributed by atoms with van der Waals surface area (Å²) in [6, 6.07) is 8.40. The molecule has 0 fully saturated rings. The van der Waals surface area contributed by atoms with Gasteiger partial charge in [0, 0.05) is 16.7 Å². The van der Waals surface area contributed by atoms with E-state index in [0.717, 1.165) is 6.54 Å². The van der Waals surface area contributed by atoms with Gasteiger partial charge in [-0.15, -0.1) is 11.3 Å². The summed E-state index contributed by atoms with van der Waals surface area (Å²) in [6.45, 7) is 5.31. The molecule has 0 aliphatic heterocycles. The Kier molecular flexibility index (Phi) is 3.68. The first-order valence-corrected chi connectivity index (χ1v) is 6.84. The fraction of sp³-hybridized carbons (Fsp3) is 0.357. The standard InChI is InChI=1S/C14H18N2OS/c1-14(2,9-16-7-13(15)17)11-8-18-12-6-4-3-5-10(11)12/h3-6,8,16H,7,9H2,1-2H3,(H2,15,17). The van der Waals surface area contributed by atoms with E-state index in [1.165, 1.54) is 15.6 Å². The highest BCUT2D eigenvalue weighted by molar-refractivity contribution is 7.17. The lowest BCUT2D eigenvalue weighted by Gasteiger charge is -2.24. The number of carbonyl (C=O) groups excluding carboxylic acids is 1.